The van der Waals surface area contributed by atoms with Crippen LogP contribution in [0.4, 0.5) is 0 Å². The molecule has 0 heterocycles. The Hall–Kier alpha value is -1.42. The van der Waals surface area contributed by atoms with E-state index in [1.165, 1.54) is 16.3 Å². The van der Waals surface area contributed by atoms with Gasteiger partial charge in [-0.25, -0.2) is 0 Å². The minimum Gasteiger partial charge on any atom is -0.379 e. The van der Waals surface area contributed by atoms with Crippen LogP contribution in [0.15, 0.2) is 42.5 Å². The number of hydrazine groups is 1. The van der Waals surface area contributed by atoms with Crippen LogP contribution in [0.3, 0.4) is 0 Å². The fourth-order valence-corrected chi connectivity index (χ4v) is 2.36. The average Bonchev–Trinajstić information content (AvgIpc) is 2.47. The Morgan fingerprint density at radius 1 is 1.15 bits per heavy atom. The topological polar surface area (TPSA) is 47.3 Å². The molecule has 1 atom stereocenters. The SMILES string of the molecule is COC(C)(C)CCC(NN)c1ccc2ccccc2c1. The molecule has 2 rings (SSSR count). The first kappa shape index (κ1) is 15.0. The van der Waals surface area contributed by atoms with Crippen molar-refractivity contribution in [1.29, 1.82) is 0 Å². The number of rotatable bonds is 6. The number of nitrogens with two attached hydrogens (primary N) is 1. The van der Waals surface area contributed by atoms with E-state index in [-0.39, 0.29) is 11.6 Å². The molecule has 0 saturated heterocycles. The molecule has 2 aromatic carbocycles. The van der Waals surface area contributed by atoms with Gasteiger partial charge in [0.05, 0.1) is 5.60 Å². The van der Waals surface area contributed by atoms with Crippen LogP contribution in [-0.2, 0) is 4.74 Å². The summed E-state index contributed by atoms with van der Waals surface area (Å²) in [5.41, 5.74) is 4.03. The molecule has 0 aliphatic rings. The molecule has 3 heteroatoms. The summed E-state index contributed by atoms with van der Waals surface area (Å²) in [7, 11) is 1.75. The largest absolute Gasteiger partial charge is 0.379 e. The van der Waals surface area contributed by atoms with Gasteiger partial charge >= 0.3 is 0 Å². The van der Waals surface area contributed by atoms with Crippen LogP contribution in [0.1, 0.15) is 38.3 Å². The highest BCUT2D eigenvalue weighted by molar-refractivity contribution is 5.83. The standard InChI is InChI=1S/C17H24N2O/c1-17(2,20-3)11-10-16(19-18)15-9-8-13-6-4-5-7-14(13)12-15/h4-9,12,16,19H,10-11,18H2,1-3H3. The third-order valence-corrected chi connectivity index (χ3v) is 3.96. The molecule has 0 fully saturated rings. The second-order valence-corrected chi connectivity index (χ2v) is 5.83. The van der Waals surface area contributed by atoms with Crippen LogP contribution < -0.4 is 11.3 Å². The van der Waals surface area contributed by atoms with Crippen molar-refractivity contribution in [2.75, 3.05) is 7.11 Å². The Morgan fingerprint density at radius 2 is 1.85 bits per heavy atom. The van der Waals surface area contributed by atoms with Crippen molar-refractivity contribution < 1.29 is 4.74 Å². The second kappa shape index (κ2) is 6.35. The maximum atomic E-state index is 5.73. The molecule has 20 heavy (non-hydrogen) atoms. The summed E-state index contributed by atoms with van der Waals surface area (Å²) in [6.45, 7) is 4.20. The van der Waals surface area contributed by atoms with Crippen LogP contribution in [0.25, 0.3) is 10.8 Å². The molecule has 0 radical (unpaired) electrons. The summed E-state index contributed by atoms with van der Waals surface area (Å²) >= 11 is 0. The third-order valence-electron chi connectivity index (χ3n) is 3.96. The van der Waals surface area contributed by atoms with Crippen LogP contribution in [0.5, 0.6) is 0 Å². The minimum absolute atomic E-state index is 0.119. The van der Waals surface area contributed by atoms with Gasteiger partial charge in [0.2, 0.25) is 0 Å². The van der Waals surface area contributed by atoms with E-state index in [1.54, 1.807) is 7.11 Å². The Morgan fingerprint density at radius 3 is 2.50 bits per heavy atom. The van der Waals surface area contributed by atoms with Crippen molar-refractivity contribution in [2.45, 2.75) is 38.3 Å². The minimum atomic E-state index is -0.119. The predicted molar refractivity (Wildman–Crippen MR) is 84.3 cm³/mol. The normalized spacial score (nSPS) is 13.6. The molecule has 3 N–H and O–H groups in total. The van der Waals surface area contributed by atoms with Gasteiger partial charge in [-0.05, 0) is 49.1 Å². The molecule has 108 valence electrons. The first-order valence-corrected chi connectivity index (χ1v) is 7.06. The van der Waals surface area contributed by atoms with Crippen LogP contribution >= 0.6 is 0 Å². The van der Waals surface area contributed by atoms with E-state index in [0.717, 1.165) is 12.8 Å². The average molecular weight is 272 g/mol. The maximum absolute atomic E-state index is 5.73. The van der Waals surface area contributed by atoms with E-state index < -0.39 is 0 Å². The van der Waals surface area contributed by atoms with Crippen molar-refractivity contribution in [1.82, 2.24) is 5.43 Å². The van der Waals surface area contributed by atoms with Gasteiger partial charge in [0.1, 0.15) is 0 Å². The lowest BCUT2D eigenvalue weighted by Crippen LogP contribution is -2.31. The molecule has 1 unspecified atom stereocenters. The predicted octanol–water partition coefficient (Wildman–Crippen LogP) is 3.55. The van der Waals surface area contributed by atoms with Crippen molar-refractivity contribution >= 4 is 10.8 Å². The van der Waals surface area contributed by atoms with E-state index in [9.17, 15) is 0 Å². The zero-order valence-corrected chi connectivity index (χ0v) is 12.5. The molecular weight excluding hydrogens is 248 g/mol. The summed E-state index contributed by atoms with van der Waals surface area (Å²) in [5.74, 6) is 5.73. The van der Waals surface area contributed by atoms with Crippen molar-refractivity contribution in [3.63, 3.8) is 0 Å². The molecule has 0 saturated carbocycles. The van der Waals surface area contributed by atoms with Crippen molar-refractivity contribution in [3.8, 4) is 0 Å². The highest BCUT2D eigenvalue weighted by atomic mass is 16.5. The highest BCUT2D eigenvalue weighted by Crippen LogP contribution is 2.26. The van der Waals surface area contributed by atoms with E-state index in [0.29, 0.717) is 0 Å². The zero-order chi connectivity index (χ0) is 14.6. The molecule has 0 amide bonds. The van der Waals surface area contributed by atoms with E-state index in [2.05, 4.69) is 61.7 Å². The van der Waals surface area contributed by atoms with Gasteiger partial charge in [-0.3, -0.25) is 11.3 Å². The first-order valence-electron chi connectivity index (χ1n) is 7.06. The number of hydrogen-bond donors (Lipinski definition) is 2. The van der Waals surface area contributed by atoms with E-state index in [1.807, 2.05) is 0 Å². The summed E-state index contributed by atoms with van der Waals surface area (Å²) in [5, 5.41) is 2.50. The number of nitrogens with one attached hydrogen (secondary N) is 1. The molecule has 3 nitrogen and oxygen atoms in total. The monoisotopic (exact) mass is 272 g/mol. The summed E-state index contributed by atoms with van der Waals surface area (Å²) in [4.78, 5) is 0. The number of ether oxygens (including phenoxy) is 1. The Labute approximate surface area is 121 Å². The van der Waals surface area contributed by atoms with E-state index >= 15 is 0 Å². The summed E-state index contributed by atoms with van der Waals surface area (Å²) < 4.78 is 5.47. The Bertz CT molecular complexity index is 566. The molecule has 0 aliphatic heterocycles. The summed E-state index contributed by atoms with van der Waals surface area (Å²) in [6, 6.07) is 15.0. The van der Waals surface area contributed by atoms with Crippen LogP contribution in [-0.4, -0.2) is 12.7 Å². The third kappa shape index (κ3) is 3.57. The first-order chi connectivity index (χ1) is 9.55. The van der Waals surface area contributed by atoms with Crippen LogP contribution in [0, 0.1) is 0 Å². The maximum Gasteiger partial charge on any atom is 0.0623 e. The number of benzene rings is 2. The van der Waals surface area contributed by atoms with Gasteiger partial charge in [0, 0.05) is 13.2 Å². The molecule has 2 aromatic rings. The highest BCUT2D eigenvalue weighted by Gasteiger charge is 2.19. The fourth-order valence-electron chi connectivity index (χ4n) is 2.36. The molecule has 0 aliphatic carbocycles. The summed E-state index contributed by atoms with van der Waals surface area (Å²) in [6.07, 6.45) is 1.89. The number of methoxy groups -OCH3 is 1. The van der Waals surface area contributed by atoms with Gasteiger partial charge in [-0.1, -0.05) is 36.4 Å². The van der Waals surface area contributed by atoms with E-state index in [4.69, 9.17) is 10.6 Å². The zero-order valence-electron chi connectivity index (χ0n) is 12.5. The van der Waals surface area contributed by atoms with Gasteiger partial charge in [0.25, 0.3) is 0 Å². The fraction of sp³-hybridized carbons (Fsp3) is 0.412. The smallest absolute Gasteiger partial charge is 0.0623 e. The van der Waals surface area contributed by atoms with Gasteiger partial charge in [-0.15, -0.1) is 0 Å². The van der Waals surface area contributed by atoms with Gasteiger partial charge in [0.15, 0.2) is 0 Å². The number of hydrogen-bond acceptors (Lipinski definition) is 3. The lowest BCUT2D eigenvalue weighted by Gasteiger charge is -2.26. The lowest BCUT2D eigenvalue weighted by atomic mass is 9.94. The number of fused-ring (bicyclic) bond motifs is 1. The molecule has 0 bridgehead atoms. The molecular formula is C17H24N2O. The molecule has 0 spiro atoms. The van der Waals surface area contributed by atoms with Crippen molar-refractivity contribution in [2.24, 2.45) is 5.84 Å². The van der Waals surface area contributed by atoms with Gasteiger partial charge in [-0.2, -0.15) is 0 Å². The van der Waals surface area contributed by atoms with Gasteiger partial charge < -0.3 is 4.74 Å². The Kier molecular flexibility index (Phi) is 4.76. The molecule has 0 aromatic heterocycles. The second-order valence-electron chi connectivity index (χ2n) is 5.83. The van der Waals surface area contributed by atoms with Crippen LogP contribution in [0.2, 0.25) is 0 Å². The Balaban J connectivity index is 2.17. The van der Waals surface area contributed by atoms with Crippen molar-refractivity contribution in [3.05, 3.63) is 48.0 Å². The quantitative estimate of drug-likeness (QED) is 0.624. The lowest BCUT2D eigenvalue weighted by molar-refractivity contribution is 0.0117.